The molecule has 0 bridgehead atoms. The van der Waals surface area contributed by atoms with Crippen molar-refractivity contribution in [3.63, 3.8) is 0 Å². The Balaban J connectivity index is 2.69. The van der Waals surface area contributed by atoms with Gasteiger partial charge in [-0.25, -0.2) is 0 Å². The van der Waals surface area contributed by atoms with Gasteiger partial charge in [0.05, 0.1) is 6.10 Å². The lowest BCUT2D eigenvalue weighted by molar-refractivity contribution is -0.0885. The standard InChI is InChI=1S/C13H19NO3/c1-3-7-10(2)17-13(15)12(14-16)11-8-5-4-6-9-11/h4-6,8-10,13,15-16H,3,7H2,1-2H3. The summed E-state index contributed by atoms with van der Waals surface area (Å²) in [5, 5.41) is 21.9. The van der Waals surface area contributed by atoms with Crippen LogP contribution in [0.3, 0.4) is 0 Å². The van der Waals surface area contributed by atoms with Gasteiger partial charge in [0, 0.05) is 5.56 Å². The van der Waals surface area contributed by atoms with Crippen molar-refractivity contribution in [3.05, 3.63) is 35.9 Å². The molecule has 0 saturated carbocycles. The van der Waals surface area contributed by atoms with Crippen LogP contribution in [-0.4, -0.2) is 28.4 Å². The molecule has 1 rings (SSSR count). The summed E-state index contributed by atoms with van der Waals surface area (Å²) in [6.07, 6.45) is 0.550. The summed E-state index contributed by atoms with van der Waals surface area (Å²) in [6, 6.07) is 8.98. The third-order valence-electron chi connectivity index (χ3n) is 2.47. The summed E-state index contributed by atoms with van der Waals surface area (Å²) in [6.45, 7) is 3.93. The van der Waals surface area contributed by atoms with E-state index in [0.29, 0.717) is 5.56 Å². The molecule has 1 aromatic rings. The lowest BCUT2D eigenvalue weighted by atomic mass is 10.1. The van der Waals surface area contributed by atoms with Crippen molar-refractivity contribution in [2.45, 2.75) is 39.1 Å². The minimum absolute atomic E-state index is 0.0736. The Morgan fingerprint density at radius 3 is 2.53 bits per heavy atom. The molecular weight excluding hydrogens is 218 g/mol. The largest absolute Gasteiger partial charge is 0.410 e. The first-order valence-electron chi connectivity index (χ1n) is 5.80. The van der Waals surface area contributed by atoms with E-state index in [1.54, 1.807) is 12.1 Å². The summed E-state index contributed by atoms with van der Waals surface area (Å²) >= 11 is 0. The van der Waals surface area contributed by atoms with Gasteiger partial charge in [0.1, 0.15) is 5.71 Å². The number of hydrogen-bond acceptors (Lipinski definition) is 4. The van der Waals surface area contributed by atoms with Gasteiger partial charge in [-0.2, -0.15) is 0 Å². The molecule has 0 aliphatic rings. The molecule has 0 saturated heterocycles. The molecule has 17 heavy (non-hydrogen) atoms. The van der Waals surface area contributed by atoms with Crippen LogP contribution < -0.4 is 0 Å². The van der Waals surface area contributed by atoms with Gasteiger partial charge >= 0.3 is 0 Å². The lowest BCUT2D eigenvalue weighted by Gasteiger charge is -2.18. The van der Waals surface area contributed by atoms with Gasteiger partial charge in [-0.3, -0.25) is 0 Å². The number of aliphatic hydroxyl groups is 1. The van der Waals surface area contributed by atoms with Crippen molar-refractivity contribution >= 4 is 5.71 Å². The molecule has 0 heterocycles. The second kappa shape index (κ2) is 7.04. The molecule has 0 aliphatic heterocycles. The number of ether oxygens (including phenoxy) is 1. The topological polar surface area (TPSA) is 62.0 Å². The Labute approximate surface area is 102 Å². The highest BCUT2D eigenvalue weighted by Crippen LogP contribution is 2.10. The fraction of sp³-hybridized carbons (Fsp3) is 0.462. The Morgan fingerprint density at radius 2 is 2.00 bits per heavy atom. The summed E-state index contributed by atoms with van der Waals surface area (Å²) in [7, 11) is 0. The van der Waals surface area contributed by atoms with E-state index in [9.17, 15) is 5.11 Å². The zero-order valence-electron chi connectivity index (χ0n) is 10.2. The first-order valence-corrected chi connectivity index (χ1v) is 5.80. The van der Waals surface area contributed by atoms with E-state index in [1.165, 1.54) is 0 Å². The third-order valence-corrected chi connectivity index (χ3v) is 2.47. The second-order valence-electron chi connectivity index (χ2n) is 3.94. The predicted molar refractivity (Wildman–Crippen MR) is 66.2 cm³/mol. The molecule has 0 amide bonds. The molecule has 0 radical (unpaired) electrons. The molecule has 4 nitrogen and oxygen atoms in total. The van der Waals surface area contributed by atoms with Crippen LogP contribution in [0.25, 0.3) is 0 Å². The Bertz CT molecular complexity index is 351. The van der Waals surface area contributed by atoms with Crippen molar-refractivity contribution in [1.29, 1.82) is 0 Å². The van der Waals surface area contributed by atoms with Gasteiger partial charge in [-0.05, 0) is 13.3 Å². The van der Waals surface area contributed by atoms with Crippen LogP contribution in [0.4, 0.5) is 0 Å². The molecule has 2 unspecified atom stereocenters. The van der Waals surface area contributed by atoms with Crippen LogP contribution >= 0.6 is 0 Å². The molecule has 4 heteroatoms. The van der Waals surface area contributed by atoms with E-state index in [1.807, 2.05) is 32.0 Å². The first kappa shape index (κ1) is 13.7. The maximum Gasteiger partial charge on any atom is 0.202 e. The van der Waals surface area contributed by atoms with Crippen LogP contribution in [0, 0.1) is 0 Å². The number of nitrogens with zero attached hydrogens (tertiary/aromatic N) is 1. The quantitative estimate of drug-likeness (QED) is 0.345. The van der Waals surface area contributed by atoms with Gasteiger partial charge in [-0.1, -0.05) is 48.8 Å². The van der Waals surface area contributed by atoms with Crippen molar-refractivity contribution in [3.8, 4) is 0 Å². The van der Waals surface area contributed by atoms with E-state index < -0.39 is 6.29 Å². The van der Waals surface area contributed by atoms with E-state index in [-0.39, 0.29) is 11.8 Å². The normalized spacial score (nSPS) is 15.6. The van der Waals surface area contributed by atoms with Crippen LogP contribution in [0.15, 0.2) is 35.5 Å². The molecule has 0 aromatic heterocycles. The number of aliphatic hydroxyl groups excluding tert-OH is 1. The Kier molecular flexibility index (Phi) is 5.66. The summed E-state index contributed by atoms with van der Waals surface area (Å²) in [4.78, 5) is 0. The molecular formula is C13H19NO3. The van der Waals surface area contributed by atoms with Crippen LogP contribution in [0.1, 0.15) is 32.3 Å². The van der Waals surface area contributed by atoms with E-state index >= 15 is 0 Å². The number of hydrogen-bond donors (Lipinski definition) is 2. The van der Waals surface area contributed by atoms with Gasteiger partial charge < -0.3 is 15.1 Å². The van der Waals surface area contributed by atoms with E-state index in [2.05, 4.69) is 5.16 Å². The summed E-state index contributed by atoms with van der Waals surface area (Å²) < 4.78 is 5.36. The van der Waals surface area contributed by atoms with Gasteiger partial charge in [0.2, 0.25) is 6.29 Å². The number of benzene rings is 1. The molecule has 2 atom stereocenters. The van der Waals surface area contributed by atoms with Crippen molar-refractivity contribution in [1.82, 2.24) is 0 Å². The Morgan fingerprint density at radius 1 is 1.35 bits per heavy atom. The van der Waals surface area contributed by atoms with E-state index in [0.717, 1.165) is 12.8 Å². The average molecular weight is 237 g/mol. The Hall–Kier alpha value is -1.39. The fourth-order valence-corrected chi connectivity index (χ4v) is 1.62. The monoisotopic (exact) mass is 237 g/mol. The van der Waals surface area contributed by atoms with Crippen molar-refractivity contribution in [2.24, 2.45) is 5.16 Å². The zero-order chi connectivity index (χ0) is 12.7. The SMILES string of the molecule is CCCC(C)OC(O)C(=NO)c1ccccc1. The third kappa shape index (κ3) is 4.17. The second-order valence-corrected chi connectivity index (χ2v) is 3.94. The van der Waals surface area contributed by atoms with Gasteiger partial charge in [-0.15, -0.1) is 0 Å². The number of rotatable bonds is 6. The highest BCUT2D eigenvalue weighted by molar-refractivity contribution is 6.02. The van der Waals surface area contributed by atoms with Crippen LogP contribution in [0.2, 0.25) is 0 Å². The predicted octanol–water partition coefficient (Wildman–Crippen LogP) is 2.39. The molecule has 0 spiro atoms. The van der Waals surface area contributed by atoms with E-state index in [4.69, 9.17) is 9.94 Å². The first-order chi connectivity index (χ1) is 8.19. The summed E-state index contributed by atoms with van der Waals surface area (Å²) in [5.41, 5.74) is 0.778. The number of oxime groups is 1. The average Bonchev–Trinajstić information content (AvgIpc) is 2.31. The lowest BCUT2D eigenvalue weighted by Crippen LogP contribution is -2.28. The van der Waals surface area contributed by atoms with Gasteiger partial charge in [0.25, 0.3) is 0 Å². The van der Waals surface area contributed by atoms with Crippen LogP contribution in [0.5, 0.6) is 0 Å². The fourth-order valence-electron chi connectivity index (χ4n) is 1.62. The van der Waals surface area contributed by atoms with Crippen molar-refractivity contribution in [2.75, 3.05) is 0 Å². The molecule has 94 valence electrons. The molecule has 2 N–H and O–H groups in total. The maximum absolute atomic E-state index is 9.85. The van der Waals surface area contributed by atoms with Crippen molar-refractivity contribution < 1.29 is 15.1 Å². The molecule has 0 fully saturated rings. The highest BCUT2D eigenvalue weighted by Gasteiger charge is 2.18. The molecule has 1 aromatic carbocycles. The van der Waals surface area contributed by atoms with Gasteiger partial charge in [0.15, 0.2) is 0 Å². The van der Waals surface area contributed by atoms with Crippen LogP contribution in [-0.2, 0) is 4.74 Å². The maximum atomic E-state index is 9.85. The smallest absolute Gasteiger partial charge is 0.202 e. The minimum Gasteiger partial charge on any atom is -0.410 e. The minimum atomic E-state index is -1.20. The highest BCUT2D eigenvalue weighted by atomic mass is 16.6. The zero-order valence-corrected chi connectivity index (χ0v) is 10.2. The molecule has 0 aliphatic carbocycles. The summed E-state index contributed by atoms with van der Waals surface area (Å²) in [5.74, 6) is 0.